The van der Waals surface area contributed by atoms with Gasteiger partial charge in [-0.1, -0.05) is 6.07 Å². The van der Waals surface area contributed by atoms with E-state index in [-0.39, 0.29) is 0 Å². The lowest BCUT2D eigenvalue weighted by atomic mass is 10.3. The molecule has 3 heterocycles. The molecule has 120 valence electrons. The van der Waals surface area contributed by atoms with Crippen molar-refractivity contribution in [1.82, 2.24) is 19.5 Å². The van der Waals surface area contributed by atoms with Crippen LogP contribution in [-0.4, -0.2) is 39.3 Å². The van der Waals surface area contributed by atoms with Gasteiger partial charge >= 0.3 is 0 Å². The van der Waals surface area contributed by atoms with E-state index >= 15 is 0 Å². The van der Waals surface area contributed by atoms with Crippen molar-refractivity contribution in [2.45, 2.75) is 20.4 Å². The zero-order valence-electron chi connectivity index (χ0n) is 13.5. The van der Waals surface area contributed by atoms with Crippen molar-refractivity contribution in [3.8, 4) is 0 Å². The van der Waals surface area contributed by atoms with Crippen LogP contribution in [-0.2, 0) is 11.3 Å². The quantitative estimate of drug-likeness (QED) is 0.680. The Labute approximate surface area is 135 Å². The minimum absolute atomic E-state index is 0.655. The first kappa shape index (κ1) is 15.4. The van der Waals surface area contributed by atoms with E-state index < -0.39 is 0 Å². The van der Waals surface area contributed by atoms with E-state index in [2.05, 4.69) is 24.8 Å². The van der Waals surface area contributed by atoms with Gasteiger partial charge < -0.3 is 14.6 Å². The molecule has 0 atom stereocenters. The van der Waals surface area contributed by atoms with Gasteiger partial charge in [0, 0.05) is 25.5 Å². The molecule has 1 N–H and O–H groups in total. The molecule has 0 aliphatic heterocycles. The highest BCUT2D eigenvalue weighted by Crippen LogP contribution is 2.22. The molecule has 0 saturated carbocycles. The highest BCUT2D eigenvalue weighted by atomic mass is 16.5. The summed E-state index contributed by atoms with van der Waals surface area (Å²) in [6.07, 6.45) is 3.84. The van der Waals surface area contributed by atoms with Crippen molar-refractivity contribution in [1.29, 1.82) is 0 Å². The Morgan fingerprint density at radius 3 is 2.91 bits per heavy atom. The van der Waals surface area contributed by atoms with Crippen LogP contribution in [0.25, 0.3) is 11.0 Å². The monoisotopic (exact) mass is 311 g/mol. The molecular weight excluding hydrogens is 290 g/mol. The predicted octanol–water partition coefficient (Wildman–Crippen LogP) is 2.63. The number of nitrogens with zero attached hydrogens (tertiary/aromatic N) is 4. The van der Waals surface area contributed by atoms with Crippen LogP contribution in [0.4, 0.5) is 5.82 Å². The van der Waals surface area contributed by atoms with E-state index in [9.17, 15) is 0 Å². The molecule has 23 heavy (non-hydrogen) atoms. The zero-order chi connectivity index (χ0) is 16.1. The predicted molar refractivity (Wildman–Crippen MR) is 90.6 cm³/mol. The van der Waals surface area contributed by atoms with Crippen molar-refractivity contribution >= 4 is 16.9 Å². The maximum Gasteiger partial charge on any atom is 0.154 e. The third-order valence-corrected chi connectivity index (χ3v) is 3.52. The molecule has 6 nitrogen and oxygen atoms in total. The lowest BCUT2D eigenvalue weighted by molar-refractivity contribution is 0.158. The van der Waals surface area contributed by atoms with Crippen molar-refractivity contribution in [3.05, 3.63) is 48.2 Å². The fourth-order valence-corrected chi connectivity index (χ4v) is 2.53. The fraction of sp³-hybridized carbons (Fsp3) is 0.353. The highest BCUT2D eigenvalue weighted by molar-refractivity contribution is 5.86. The fourth-order valence-electron chi connectivity index (χ4n) is 2.53. The smallest absolute Gasteiger partial charge is 0.154 e. The molecule has 3 rings (SSSR count). The first-order chi connectivity index (χ1) is 11.3. The third kappa shape index (κ3) is 3.65. The van der Waals surface area contributed by atoms with E-state index in [1.165, 1.54) is 0 Å². The van der Waals surface area contributed by atoms with Gasteiger partial charge in [-0.3, -0.25) is 4.98 Å². The number of hydrogen-bond donors (Lipinski definition) is 1. The average Bonchev–Trinajstić information content (AvgIpc) is 2.95. The van der Waals surface area contributed by atoms with Crippen LogP contribution in [0.1, 0.15) is 18.4 Å². The molecule has 0 unspecified atom stereocenters. The van der Waals surface area contributed by atoms with Crippen LogP contribution >= 0.6 is 0 Å². The summed E-state index contributed by atoms with van der Waals surface area (Å²) in [5, 5.41) is 3.36. The first-order valence-corrected chi connectivity index (χ1v) is 7.83. The van der Waals surface area contributed by atoms with E-state index in [4.69, 9.17) is 4.74 Å². The molecule has 0 fully saturated rings. The number of hydrogen-bond acceptors (Lipinski definition) is 5. The van der Waals surface area contributed by atoms with Gasteiger partial charge in [0.15, 0.2) is 5.82 Å². The Kier molecular flexibility index (Phi) is 4.83. The Morgan fingerprint density at radius 1 is 1.22 bits per heavy atom. The molecule has 3 aromatic heterocycles. The Balaban J connectivity index is 1.89. The van der Waals surface area contributed by atoms with Crippen molar-refractivity contribution < 1.29 is 4.74 Å². The van der Waals surface area contributed by atoms with Crippen LogP contribution < -0.4 is 5.32 Å². The second kappa shape index (κ2) is 7.19. The number of nitrogens with one attached hydrogen (secondary N) is 1. The van der Waals surface area contributed by atoms with Crippen molar-refractivity contribution in [2.24, 2.45) is 0 Å². The van der Waals surface area contributed by atoms with Crippen LogP contribution in [0.5, 0.6) is 0 Å². The van der Waals surface area contributed by atoms with Gasteiger partial charge in [-0.05, 0) is 32.0 Å². The van der Waals surface area contributed by atoms with Gasteiger partial charge in [-0.15, -0.1) is 0 Å². The van der Waals surface area contributed by atoms with Gasteiger partial charge in [-0.2, -0.15) is 0 Å². The number of aromatic nitrogens is 4. The summed E-state index contributed by atoms with van der Waals surface area (Å²) in [5.74, 6) is 1.60. The van der Waals surface area contributed by atoms with E-state index in [0.29, 0.717) is 19.7 Å². The summed E-state index contributed by atoms with van der Waals surface area (Å²) in [6.45, 7) is 6.68. The molecule has 0 amide bonds. The molecule has 6 heteroatoms. The topological polar surface area (TPSA) is 64.9 Å². The molecule has 0 spiro atoms. The van der Waals surface area contributed by atoms with Gasteiger partial charge in [0.2, 0.25) is 0 Å². The molecule has 0 aliphatic rings. The number of ether oxygens (including phenoxy) is 1. The largest absolute Gasteiger partial charge is 0.380 e. The third-order valence-electron chi connectivity index (χ3n) is 3.52. The molecule has 0 radical (unpaired) electrons. The molecule has 0 aliphatic carbocycles. The number of aryl methyl sites for hydroxylation is 1. The number of rotatable bonds is 7. The van der Waals surface area contributed by atoms with Crippen LogP contribution in [0.3, 0.4) is 0 Å². The summed E-state index contributed by atoms with van der Waals surface area (Å²) in [7, 11) is 0. The van der Waals surface area contributed by atoms with Gasteiger partial charge in [0.05, 0.1) is 24.4 Å². The standard InChI is InChI=1S/C17H21N5O/c1-3-23-11-9-19-17-16-15(20-13(2)21-17)7-10-22(16)12-14-6-4-5-8-18-14/h4-8,10H,3,9,11-12H2,1-2H3,(H,19,20,21). The minimum Gasteiger partial charge on any atom is -0.380 e. The number of fused-ring (bicyclic) bond motifs is 1. The lowest BCUT2D eigenvalue weighted by Gasteiger charge is -2.11. The summed E-state index contributed by atoms with van der Waals surface area (Å²) in [6, 6.07) is 7.95. The second-order valence-electron chi connectivity index (χ2n) is 5.24. The summed E-state index contributed by atoms with van der Waals surface area (Å²) in [5.41, 5.74) is 2.94. The van der Waals surface area contributed by atoms with Gasteiger partial charge in [0.1, 0.15) is 11.3 Å². The molecular formula is C17H21N5O. The van der Waals surface area contributed by atoms with Crippen LogP contribution in [0.15, 0.2) is 36.7 Å². The van der Waals surface area contributed by atoms with E-state index in [0.717, 1.165) is 35.0 Å². The Hall–Kier alpha value is -2.47. The maximum absolute atomic E-state index is 5.38. The highest BCUT2D eigenvalue weighted by Gasteiger charge is 2.11. The van der Waals surface area contributed by atoms with Crippen molar-refractivity contribution in [2.75, 3.05) is 25.1 Å². The van der Waals surface area contributed by atoms with Crippen molar-refractivity contribution in [3.63, 3.8) is 0 Å². The molecule has 3 aromatic rings. The van der Waals surface area contributed by atoms with Gasteiger partial charge in [0.25, 0.3) is 0 Å². The van der Waals surface area contributed by atoms with E-state index in [1.54, 1.807) is 0 Å². The average molecular weight is 311 g/mol. The lowest BCUT2D eigenvalue weighted by Crippen LogP contribution is -2.12. The number of anilines is 1. The molecule has 0 bridgehead atoms. The zero-order valence-corrected chi connectivity index (χ0v) is 13.5. The van der Waals surface area contributed by atoms with Crippen LogP contribution in [0, 0.1) is 6.92 Å². The Morgan fingerprint density at radius 2 is 2.13 bits per heavy atom. The SMILES string of the molecule is CCOCCNc1nc(C)nc2ccn(Cc3ccccn3)c12. The second-order valence-corrected chi connectivity index (χ2v) is 5.24. The molecule has 0 aromatic carbocycles. The maximum atomic E-state index is 5.38. The van der Waals surface area contributed by atoms with Crippen LogP contribution in [0.2, 0.25) is 0 Å². The van der Waals surface area contributed by atoms with Gasteiger partial charge in [-0.25, -0.2) is 9.97 Å². The normalized spacial score (nSPS) is 11.0. The minimum atomic E-state index is 0.655. The Bertz CT molecular complexity index is 769. The first-order valence-electron chi connectivity index (χ1n) is 7.83. The summed E-state index contributed by atoms with van der Waals surface area (Å²) < 4.78 is 7.51. The van der Waals surface area contributed by atoms with E-state index in [1.807, 2.05) is 50.5 Å². The summed E-state index contributed by atoms with van der Waals surface area (Å²) in [4.78, 5) is 13.5. The summed E-state index contributed by atoms with van der Waals surface area (Å²) >= 11 is 0. The number of pyridine rings is 1. The molecule has 0 saturated heterocycles.